The maximum Gasteiger partial charge on any atom is 0.241 e. The zero-order valence-electron chi connectivity index (χ0n) is 14.7. The number of benzene rings is 2. The molecule has 3 rings (SSSR count). The van der Waals surface area contributed by atoms with Crippen LogP contribution in [0.15, 0.2) is 48.5 Å². The Morgan fingerprint density at radius 1 is 1.04 bits per heavy atom. The summed E-state index contributed by atoms with van der Waals surface area (Å²) in [7, 11) is 0. The number of amides is 1. The number of rotatable bonds is 6. The molecule has 0 unspecified atom stereocenters. The van der Waals surface area contributed by atoms with Gasteiger partial charge in [0, 0.05) is 11.7 Å². The Morgan fingerprint density at radius 2 is 1.75 bits per heavy atom. The van der Waals surface area contributed by atoms with Crippen LogP contribution in [-0.4, -0.2) is 11.9 Å². The number of anilines is 1. The number of carbonyl (C=O) groups is 1. The molecule has 24 heavy (non-hydrogen) atoms. The summed E-state index contributed by atoms with van der Waals surface area (Å²) in [5, 5.41) is 6.54. The second-order valence-corrected chi connectivity index (χ2v) is 6.97. The summed E-state index contributed by atoms with van der Waals surface area (Å²) in [4.78, 5) is 12.5. The van der Waals surface area contributed by atoms with Crippen molar-refractivity contribution in [3.05, 3.63) is 65.2 Å². The lowest BCUT2D eigenvalue weighted by Gasteiger charge is -2.23. The summed E-state index contributed by atoms with van der Waals surface area (Å²) < 4.78 is 0. The van der Waals surface area contributed by atoms with Crippen LogP contribution < -0.4 is 10.6 Å². The lowest BCUT2D eigenvalue weighted by molar-refractivity contribution is -0.118. The monoisotopic (exact) mass is 322 g/mol. The fourth-order valence-corrected chi connectivity index (χ4v) is 3.03. The first-order valence-electron chi connectivity index (χ1n) is 8.73. The highest BCUT2D eigenvalue weighted by molar-refractivity contribution is 5.94. The summed E-state index contributed by atoms with van der Waals surface area (Å²) in [5.74, 6) is 0.653. The Balaban J connectivity index is 1.66. The van der Waals surface area contributed by atoms with Crippen LogP contribution in [0.5, 0.6) is 0 Å². The molecule has 2 N–H and O–H groups in total. The molecule has 2 aromatic carbocycles. The minimum atomic E-state index is -0.239. The molecule has 1 fully saturated rings. The Bertz CT molecular complexity index is 704. The van der Waals surface area contributed by atoms with Gasteiger partial charge in [0.25, 0.3) is 0 Å². The van der Waals surface area contributed by atoms with E-state index in [9.17, 15) is 4.79 Å². The van der Waals surface area contributed by atoms with Crippen molar-refractivity contribution in [1.29, 1.82) is 0 Å². The normalized spacial score (nSPS) is 16.5. The fraction of sp³-hybridized carbons (Fsp3) is 0.381. The number of aryl methyl sites for hydroxylation is 2. The van der Waals surface area contributed by atoms with Crippen molar-refractivity contribution in [2.24, 2.45) is 5.92 Å². The van der Waals surface area contributed by atoms with Gasteiger partial charge in [-0.25, -0.2) is 0 Å². The van der Waals surface area contributed by atoms with Gasteiger partial charge in [-0.15, -0.1) is 0 Å². The van der Waals surface area contributed by atoms with Crippen LogP contribution in [0.2, 0.25) is 0 Å². The second-order valence-electron chi connectivity index (χ2n) is 6.97. The number of carbonyl (C=O) groups excluding carboxylic acids is 1. The molecule has 2 aromatic rings. The van der Waals surface area contributed by atoms with Gasteiger partial charge in [-0.05, 0) is 62.8 Å². The Morgan fingerprint density at radius 3 is 2.38 bits per heavy atom. The topological polar surface area (TPSA) is 41.1 Å². The molecule has 0 aliphatic heterocycles. The quantitative estimate of drug-likeness (QED) is 0.829. The molecule has 0 aromatic heterocycles. The molecule has 1 aliphatic rings. The molecule has 126 valence electrons. The SMILES string of the molecule is Cc1ccc([C@H](N[C@@H](C)C(=O)Nc2cccc(C)c2)C2CC2)cc1. The molecule has 0 spiro atoms. The van der Waals surface area contributed by atoms with Gasteiger partial charge in [0.15, 0.2) is 0 Å². The predicted molar refractivity (Wildman–Crippen MR) is 99.1 cm³/mol. The van der Waals surface area contributed by atoms with E-state index in [1.54, 1.807) is 0 Å². The van der Waals surface area contributed by atoms with Gasteiger partial charge < -0.3 is 5.32 Å². The Hall–Kier alpha value is -2.13. The van der Waals surface area contributed by atoms with E-state index in [0.29, 0.717) is 5.92 Å². The minimum Gasteiger partial charge on any atom is -0.325 e. The number of nitrogens with one attached hydrogen (secondary N) is 2. The van der Waals surface area contributed by atoms with E-state index in [4.69, 9.17) is 0 Å². The zero-order valence-corrected chi connectivity index (χ0v) is 14.7. The van der Waals surface area contributed by atoms with E-state index < -0.39 is 0 Å². The minimum absolute atomic E-state index is 0.0124. The van der Waals surface area contributed by atoms with E-state index in [2.05, 4.69) is 41.8 Å². The lowest BCUT2D eigenvalue weighted by atomic mass is 10.00. The van der Waals surface area contributed by atoms with Gasteiger partial charge in [-0.2, -0.15) is 0 Å². The largest absolute Gasteiger partial charge is 0.325 e. The van der Waals surface area contributed by atoms with Crippen molar-refractivity contribution in [2.45, 2.75) is 45.7 Å². The first-order valence-corrected chi connectivity index (χ1v) is 8.73. The van der Waals surface area contributed by atoms with Gasteiger partial charge in [0.2, 0.25) is 5.91 Å². The molecule has 0 heterocycles. The van der Waals surface area contributed by atoms with Gasteiger partial charge in [0.05, 0.1) is 6.04 Å². The highest BCUT2D eigenvalue weighted by Gasteiger charge is 2.34. The number of hydrogen-bond donors (Lipinski definition) is 2. The maximum absolute atomic E-state index is 12.5. The van der Waals surface area contributed by atoms with E-state index in [-0.39, 0.29) is 18.0 Å². The highest BCUT2D eigenvalue weighted by Crippen LogP contribution is 2.41. The maximum atomic E-state index is 12.5. The van der Waals surface area contributed by atoms with Crippen molar-refractivity contribution in [2.75, 3.05) is 5.32 Å². The van der Waals surface area contributed by atoms with Crippen molar-refractivity contribution in [3.8, 4) is 0 Å². The third-order valence-corrected chi connectivity index (χ3v) is 4.64. The Labute approximate surface area is 144 Å². The van der Waals surface area contributed by atoms with Gasteiger partial charge >= 0.3 is 0 Å². The van der Waals surface area contributed by atoms with E-state index in [1.807, 2.05) is 38.1 Å². The molecule has 2 atom stereocenters. The molecule has 3 heteroatoms. The van der Waals surface area contributed by atoms with Gasteiger partial charge in [0.1, 0.15) is 0 Å². The molecular weight excluding hydrogens is 296 g/mol. The van der Waals surface area contributed by atoms with Crippen LogP contribution in [-0.2, 0) is 4.79 Å². The summed E-state index contributed by atoms with van der Waals surface area (Å²) in [6.07, 6.45) is 2.47. The van der Waals surface area contributed by atoms with Crippen LogP contribution in [0.4, 0.5) is 5.69 Å². The van der Waals surface area contributed by atoms with Crippen LogP contribution >= 0.6 is 0 Å². The third-order valence-electron chi connectivity index (χ3n) is 4.64. The van der Waals surface area contributed by atoms with Gasteiger partial charge in [-0.1, -0.05) is 42.0 Å². The molecule has 0 saturated heterocycles. The van der Waals surface area contributed by atoms with Crippen molar-refractivity contribution in [1.82, 2.24) is 5.32 Å². The van der Waals surface area contributed by atoms with Crippen LogP contribution in [0, 0.1) is 19.8 Å². The van der Waals surface area contributed by atoms with Crippen molar-refractivity contribution in [3.63, 3.8) is 0 Å². The lowest BCUT2D eigenvalue weighted by Crippen LogP contribution is -2.40. The first kappa shape index (κ1) is 16.7. The van der Waals surface area contributed by atoms with Crippen LogP contribution in [0.1, 0.15) is 42.5 Å². The second kappa shape index (κ2) is 7.18. The van der Waals surface area contributed by atoms with Crippen molar-refractivity contribution < 1.29 is 4.79 Å². The molecule has 0 bridgehead atoms. The average molecular weight is 322 g/mol. The summed E-state index contributed by atoms with van der Waals surface area (Å²) >= 11 is 0. The van der Waals surface area contributed by atoms with Gasteiger partial charge in [-0.3, -0.25) is 10.1 Å². The zero-order chi connectivity index (χ0) is 17.1. The molecule has 3 nitrogen and oxygen atoms in total. The van der Waals surface area contributed by atoms with E-state index in [1.165, 1.54) is 24.0 Å². The molecule has 0 radical (unpaired) electrons. The van der Waals surface area contributed by atoms with Crippen molar-refractivity contribution >= 4 is 11.6 Å². The third kappa shape index (κ3) is 4.24. The number of hydrogen-bond acceptors (Lipinski definition) is 2. The highest BCUT2D eigenvalue weighted by atomic mass is 16.2. The fourth-order valence-electron chi connectivity index (χ4n) is 3.03. The summed E-state index contributed by atoms with van der Waals surface area (Å²) in [5.41, 5.74) is 4.53. The molecule has 1 saturated carbocycles. The predicted octanol–water partition coefficient (Wildman–Crippen LogP) is 4.37. The summed E-state index contributed by atoms with van der Waals surface area (Å²) in [6.45, 7) is 6.06. The smallest absolute Gasteiger partial charge is 0.241 e. The average Bonchev–Trinajstić information content (AvgIpc) is 3.38. The molecule has 1 aliphatic carbocycles. The first-order chi connectivity index (χ1) is 11.5. The Kier molecular flexibility index (Phi) is 5.00. The van der Waals surface area contributed by atoms with E-state index in [0.717, 1.165) is 11.3 Å². The summed E-state index contributed by atoms with van der Waals surface area (Å²) in [6, 6.07) is 16.6. The molecular formula is C21H26N2O. The van der Waals surface area contributed by atoms with Crippen LogP contribution in [0.25, 0.3) is 0 Å². The van der Waals surface area contributed by atoms with Crippen LogP contribution in [0.3, 0.4) is 0 Å². The standard InChI is InChI=1S/C21H26N2O/c1-14-7-9-17(10-8-14)20(18-11-12-18)22-16(3)21(24)23-19-6-4-5-15(2)13-19/h4-10,13,16,18,20,22H,11-12H2,1-3H3,(H,23,24)/t16-,20-/m0/s1. The van der Waals surface area contributed by atoms with E-state index >= 15 is 0 Å². The molecule has 1 amide bonds.